The van der Waals surface area contributed by atoms with Crippen LogP contribution in [0.3, 0.4) is 0 Å². The fourth-order valence-electron chi connectivity index (χ4n) is 3.94. The average molecular weight is 484 g/mol. The number of hydrogen-bond donors (Lipinski definition) is 1. The number of halogens is 1. The van der Waals surface area contributed by atoms with Crippen molar-refractivity contribution in [3.63, 3.8) is 0 Å². The maximum absolute atomic E-state index is 6.17. The first kappa shape index (κ1) is 21.5. The van der Waals surface area contributed by atoms with Gasteiger partial charge in [-0.1, -0.05) is 46.3 Å². The van der Waals surface area contributed by atoms with E-state index in [0.717, 1.165) is 40.1 Å². The Morgan fingerprint density at radius 2 is 1.48 bits per heavy atom. The van der Waals surface area contributed by atoms with Crippen molar-refractivity contribution < 1.29 is 18.9 Å². The summed E-state index contributed by atoms with van der Waals surface area (Å²) >= 11 is 3.72. The van der Waals surface area contributed by atoms with Gasteiger partial charge in [0.25, 0.3) is 0 Å². The van der Waals surface area contributed by atoms with Gasteiger partial charge in [-0.15, -0.1) is 0 Å². The lowest BCUT2D eigenvalue weighted by Gasteiger charge is -2.30. The van der Waals surface area contributed by atoms with Crippen LogP contribution in [0.1, 0.15) is 28.3 Å². The molecule has 4 rings (SSSR count). The molecule has 1 aliphatic heterocycles. The van der Waals surface area contributed by atoms with E-state index in [1.807, 2.05) is 30.3 Å². The fourth-order valence-corrected chi connectivity index (χ4v) is 4.49. The Bertz CT molecular complexity index is 1060. The largest absolute Gasteiger partial charge is 0.493 e. The Morgan fingerprint density at radius 3 is 2.19 bits per heavy atom. The molecular weight excluding hydrogens is 458 g/mol. The Kier molecular flexibility index (Phi) is 6.68. The van der Waals surface area contributed by atoms with Crippen LogP contribution >= 0.6 is 15.9 Å². The van der Waals surface area contributed by atoms with Gasteiger partial charge in [0.05, 0.1) is 27.4 Å². The maximum atomic E-state index is 6.17. The molecule has 0 saturated carbocycles. The minimum Gasteiger partial charge on any atom is -0.493 e. The van der Waals surface area contributed by atoms with Gasteiger partial charge >= 0.3 is 0 Å². The highest BCUT2D eigenvalue weighted by atomic mass is 79.9. The Morgan fingerprint density at radius 1 is 0.839 bits per heavy atom. The summed E-state index contributed by atoms with van der Waals surface area (Å²) in [4.78, 5) is 0. The van der Waals surface area contributed by atoms with Gasteiger partial charge in [-0.3, -0.25) is 0 Å². The van der Waals surface area contributed by atoms with Crippen LogP contribution in [0, 0.1) is 0 Å². The third-order valence-corrected chi connectivity index (χ3v) is 6.22. The number of fused-ring (bicyclic) bond motifs is 1. The third-order valence-electron chi connectivity index (χ3n) is 5.53. The van der Waals surface area contributed by atoms with Crippen molar-refractivity contribution in [2.75, 3.05) is 27.9 Å². The molecule has 0 spiro atoms. The lowest BCUT2D eigenvalue weighted by atomic mass is 9.89. The van der Waals surface area contributed by atoms with Crippen molar-refractivity contribution in [1.82, 2.24) is 5.32 Å². The Balaban J connectivity index is 1.72. The molecule has 3 aromatic rings. The fraction of sp³-hybridized carbons (Fsp3) is 0.280. The number of nitrogens with one attached hydrogen (secondary N) is 1. The number of ether oxygens (including phenoxy) is 4. The van der Waals surface area contributed by atoms with Crippen molar-refractivity contribution >= 4 is 15.9 Å². The Labute approximate surface area is 191 Å². The van der Waals surface area contributed by atoms with Gasteiger partial charge in [0.15, 0.2) is 23.0 Å². The topological polar surface area (TPSA) is 49.0 Å². The first-order valence-corrected chi connectivity index (χ1v) is 11.0. The molecule has 1 atom stereocenters. The van der Waals surface area contributed by atoms with E-state index in [1.54, 1.807) is 21.3 Å². The van der Waals surface area contributed by atoms with Crippen LogP contribution in [0.5, 0.6) is 23.0 Å². The van der Waals surface area contributed by atoms with Gasteiger partial charge < -0.3 is 24.3 Å². The highest BCUT2D eigenvalue weighted by molar-refractivity contribution is 9.10. The summed E-state index contributed by atoms with van der Waals surface area (Å²) in [5, 5.41) is 3.64. The molecule has 31 heavy (non-hydrogen) atoms. The van der Waals surface area contributed by atoms with Crippen molar-refractivity contribution in [3.05, 3.63) is 81.3 Å². The molecule has 1 aliphatic rings. The molecule has 0 radical (unpaired) electrons. The second-order valence-corrected chi connectivity index (χ2v) is 8.20. The van der Waals surface area contributed by atoms with Crippen LogP contribution in [0.25, 0.3) is 0 Å². The molecule has 1 unspecified atom stereocenters. The van der Waals surface area contributed by atoms with Crippen LogP contribution in [0.4, 0.5) is 0 Å². The van der Waals surface area contributed by atoms with Gasteiger partial charge in [-0.05, 0) is 52.9 Å². The second-order valence-electron chi connectivity index (χ2n) is 7.34. The van der Waals surface area contributed by atoms with Gasteiger partial charge in [0, 0.05) is 11.0 Å². The van der Waals surface area contributed by atoms with Crippen LogP contribution in [0.15, 0.2) is 59.1 Å². The highest BCUT2D eigenvalue weighted by Gasteiger charge is 2.27. The predicted octanol–water partition coefficient (Wildman–Crippen LogP) is 5.29. The zero-order valence-electron chi connectivity index (χ0n) is 17.9. The molecule has 0 amide bonds. The average Bonchev–Trinajstić information content (AvgIpc) is 2.82. The Hall–Kier alpha value is -2.70. The molecule has 3 aromatic carbocycles. The monoisotopic (exact) mass is 483 g/mol. The van der Waals surface area contributed by atoms with Crippen molar-refractivity contribution in [2.45, 2.75) is 19.1 Å². The molecule has 5 nitrogen and oxygen atoms in total. The van der Waals surface area contributed by atoms with E-state index in [1.165, 1.54) is 11.1 Å². The van der Waals surface area contributed by atoms with Crippen LogP contribution in [0.2, 0.25) is 0 Å². The van der Waals surface area contributed by atoms with Crippen LogP contribution in [-0.4, -0.2) is 27.9 Å². The molecule has 6 heteroatoms. The van der Waals surface area contributed by atoms with Crippen molar-refractivity contribution in [3.8, 4) is 23.0 Å². The number of hydrogen-bond acceptors (Lipinski definition) is 5. The number of methoxy groups -OCH3 is 3. The summed E-state index contributed by atoms with van der Waals surface area (Å²) < 4.78 is 23.7. The zero-order chi connectivity index (χ0) is 21.8. The SMILES string of the molecule is COc1cc(Br)c(C2NCCc3cc(OC)c(OCc4ccccc4)cc32)cc1OC. The predicted molar refractivity (Wildman–Crippen MR) is 125 cm³/mol. The minimum absolute atomic E-state index is 0.0112. The van der Waals surface area contributed by atoms with E-state index >= 15 is 0 Å². The van der Waals surface area contributed by atoms with Gasteiger partial charge in [0.1, 0.15) is 6.61 Å². The highest BCUT2D eigenvalue weighted by Crippen LogP contribution is 2.42. The molecular formula is C25H26BrNO4. The van der Waals surface area contributed by atoms with E-state index in [-0.39, 0.29) is 6.04 Å². The molecule has 0 bridgehead atoms. The summed E-state index contributed by atoms with van der Waals surface area (Å²) in [6, 6.07) is 18.3. The minimum atomic E-state index is -0.0112. The summed E-state index contributed by atoms with van der Waals surface area (Å²) in [7, 11) is 4.97. The number of benzene rings is 3. The van der Waals surface area contributed by atoms with E-state index in [2.05, 4.69) is 45.5 Å². The quantitative estimate of drug-likeness (QED) is 0.494. The van der Waals surface area contributed by atoms with Crippen LogP contribution < -0.4 is 24.3 Å². The summed E-state index contributed by atoms with van der Waals surface area (Å²) in [5.74, 6) is 2.87. The molecule has 1 N–H and O–H groups in total. The van der Waals surface area contributed by atoms with E-state index < -0.39 is 0 Å². The zero-order valence-corrected chi connectivity index (χ0v) is 19.5. The van der Waals surface area contributed by atoms with Gasteiger partial charge in [-0.25, -0.2) is 0 Å². The summed E-state index contributed by atoms with van der Waals surface area (Å²) in [6.45, 7) is 1.35. The van der Waals surface area contributed by atoms with Crippen molar-refractivity contribution in [1.29, 1.82) is 0 Å². The lowest BCUT2D eigenvalue weighted by Crippen LogP contribution is -2.31. The maximum Gasteiger partial charge on any atom is 0.162 e. The first-order valence-electron chi connectivity index (χ1n) is 10.2. The second kappa shape index (κ2) is 9.62. The smallest absolute Gasteiger partial charge is 0.162 e. The summed E-state index contributed by atoms with van der Waals surface area (Å²) in [5.41, 5.74) is 4.61. The van der Waals surface area contributed by atoms with Crippen molar-refractivity contribution in [2.24, 2.45) is 0 Å². The third kappa shape index (κ3) is 4.50. The van der Waals surface area contributed by atoms with Gasteiger partial charge in [0.2, 0.25) is 0 Å². The van der Waals surface area contributed by atoms with Crippen LogP contribution in [-0.2, 0) is 13.0 Å². The van der Waals surface area contributed by atoms with E-state index in [9.17, 15) is 0 Å². The molecule has 1 heterocycles. The first-order chi connectivity index (χ1) is 15.1. The molecule has 0 aromatic heterocycles. The normalized spacial score (nSPS) is 15.2. The van der Waals surface area contributed by atoms with E-state index in [4.69, 9.17) is 18.9 Å². The lowest BCUT2D eigenvalue weighted by molar-refractivity contribution is 0.283. The molecule has 162 valence electrons. The molecule has 0 aliphatic carbocycles. The summed E-state index contributed by atoms with van der Waals surface area (Å²) in [6.07, 6.45) is 0.923. The standard InChI is InChI=1S/C25H26BrNO4/c1-28-21-11-17-9-10-27-25(19-13-22(29-2)23(30-3)14-20(19)26)18(17)12-24(21)31-15-16-7-5-4-6-8-16/h4-8,11-14,25,27H,9-10,15H2,1-3H3. The van der Waals surface area contributed by atoms with E-state index in [0.29, 0.717) is 18.1 Å². The number of rotatable bonds is 7. The van der Waals surface area contributed by atoms with Gasteiger partial charge in [-0.2, -0.15) is 0 Å². The molecule has 0 fully saturated rings. The molecule has 0 saturated heterocycles.